The van der Waals surface area contributed by atoms with Gasteiger partial charge in [-0.3, -0.25) is 0 Å². The van der Waals surface area contributed by atoms with Crippen LogP contribution >= 0.6 is 0 Å². The molecule has 0 saturated carbocycles. The molecule has 1 aromatic rings. The van der Waals surface area contributed by atoms with Gasteiger partial charge in [0.05, 0.1) is 0 Å². The summed E-state index contributed by atoms with van der Waals surface area (Å²) in [7, 11) is 0. The Morgan fingerprint density at radius 3 is 2.68 bits per heavy atom. The number of benzene rings is 1. The second-order valence-electron chi connectivity index (χ2n) is 5.60. The lowest BCUT2D eigenvalue weighted by Gasteiger charge is -2.23. The molecule has 2 nitrogen and oxygen atoms in total. The minimum Gasteiger partial charge on any atom is -0.381 e. The van der Waals surface area contributed by atoms with Gasteiger partial charge in [0.1, 0.15) is 0 Å². The van der Waals surface area contributed by atoms with Crippen molar-refractivity contribution in [1.82, 2.24) is 4.90 Å². The van der Waals surface area contributed by atoms with Gasteiger partial charge < -0.3 is 9.64 Å². The van der Waals surface area contributed by atoms with Crippen molar-refractivity contribution >= 4 is 0 Å². The van der Waals surface area contributed by atoms with Crippen LogP contribution in [0.3, 0.4) is 0 Å². The Balaban J connectivity index is 1.72. The highest BCUT2D eigenvalue weighted by molar-refractivity contribution is 5.14. The summed E-state index contributed by atoms with van der Waals surface area (Å²) in [6.45, 7) is 7.87. The van der Waals surface area contributed by atoms with E-state index in [1.165, 1.54) is 50.9 Å². The fourth-order valence-corrected chi connectivity index (χ4v) is 2.76. The van der Waals surface area contributed by atoms with Crippen LogP contribution in [0, 0.1) is 5.92 Å². The Morgan fingerprint density at radius 2 is 2.00 bits per heavy atom. The van der Waals surface area contributed by atoms with Gasteiger partial charge in [0.15, 0.2) is 0 Å². The van der Waals surface area contributed by atoms with Gasteiger partial charge in [-0.2, -0.15) is 0 Å². The molecule has 0 N–H and O–H groups in total. The van der Waals surface area contributed by atoms with Crippen molar-refractivity contribution in [3.8, 4) is 0 Å². The van der Waals surface area contributed by atoms with Crippen LogP contribution in [0.25, 0.3) is 0 Å². The number of rotatable bonds is 8. The molecule has 1 saturated heterocycles. The lowest BCUT2D eigenvalue weighted by atomic mass is 10.0. The first kappa shape index (κ1) is 14.5. The average molecular weight is 261 g/mol. The lowest BCUT2D eigenvalue weighted by Crippen LogP contribution is -2.29. The standard InChI is InChI=1S/C17H27NO/c1-2-11-18(13-9-17-10-14-19-15-17)12-8-16-6-4-3-5-7-16/h3-7,17H,2,8-15H2,1H3. The first-order chi connectivity index (χ1) is 9.38. The molecule has 1 aliphatic rings. The molecule has 0 spiro atoms. The van der Waals surface area contributed by atoms with Crippen LogP contribution < -0.4 is 0 Å². The van der Waals surface area contributed by atoms with E-state index in [1.54, 1.807) is 0 Å². The second-order valence-corrected chi connectivity index (χ2v) is 5.60. The minimum atomic E-state index is 0.802. The summed E-state index contributed by atoms with van der Waals surface area (Å²) >= 11 is 0. The van der Waals surface area contributed by atoms with Gasteiger partial charge in [0.25, 0.3) is 0 Å². The third kappa shape index (κ3) is 5.33. The molecular weight excluding hydrogens is 234 g/mol. The molecule has 0 amide bonds. The summed E-state index contributed by atoms with van der Waals surface area (Å²) in [4.78, 5) is 2.62. The van der Waals surface area contributed by atoms with Crippen molar-refractivity contribution in [2.45, 2.75) is 32.6 Å². The first-order valence-electron chi connectivity index (χ1n) is 7.72. The molecule has 1 aliphatic heterocycles. The molecule has 1 aromatic carbocycles. The quantitative estimate of drug-likeness (QED) is 0.711. The summed E-state index contributed by atoms with van der Waals surface area (Å²) in [6, 6.07) is 10.8. The maximum atomic E-state index is 5.46. The van der Waals surface area contributed by atoms with Gasteiger partial charge >= 0.3 is 0 Å². The van der Waals surface area contributed by atoms with Crippen LogP contribution in [-0.2, 0) is 11.2 Å². The van der Waals surface area contributed by atoms with E-state index < -0.39 is 0 Å². The summed E-state index contributed by atoms with van der Waals surface area (Å²) in [5, 5.41) is 0. The normalized spacial score (nSPS) is 19.2. The fraction of sp³-hybridized carbons (Fsp3) is 0.647. The van der Waals surface area contributed by atoms with E-state index in [4.69, 9.17) is 4.74 Å². The van der Waals surface area contributed by atoms with E-state index in [2.05, 4.69) is 42.2 Å². The number of hydrogen-bond donors (Lipinski definition) is 0. The molecular formula is C17H27NO. The van der Waals surface area contributed by atoms with Crippen LogP contribution in [0.15, 0.2) is 30.3 Å². The number of ether oxygens (including phenoxy) is 1. The maximum Gasteiger partial charge on any atom is 0.0495 e. The third-order valence-corrected chi connectivity index (χ3v) is 3.98. The lowest BCUT2D eigenvalue weighted by molar-refractivity contribution is 0.178. The number of hydrogen-bond acceptors (Lipinski definition) is 2. The Bertz CT molecular complexity index is 332. The zero-order valence-corrected chi connectivity index (χ0v) is 12.2. The molecule has 0 bridgehead atoms. The van der Waals surface area contributed by atoms with Crippen LogP contribution in [0.2, 0.25) is 0 Å². The zero-order valence-electron chi connectivity index (χ0n) is 12.2. The van der Waals surface area contributed by atoms with E-state index in [-0.39, 0.29) is 0 Å². The minimum absolute atomic E-state index is 0.802. The molecule has 2 heteroatoms. The van der Waals surface area contributed by atoms with E-state index in [0.717, 1.165) is 19.1 Å². The SMILES string of the molecule is CCCN(CCc1ccccc1)CCC1CCOC1. The van der Waals surface area contributed by atoms with Gasteiger partial charge in [-0.05, 0) is 50.3 Å². The summed E-state index contributed by atoms with van der Waals surface area (Å²) in [5.41, 5.74) is 1.45. The third-order valence-electron chi connectivity index (χ3n) is 3.98. The predicted octanol–water partition coefficient (Wildman–Crippen LogP) is 3.37. The van der Waals surface area contributed by atoms with Crippen molar-refractivity contribution in [1.29, 1.82) is 0 Å². The van der Waals surface area contributed by atoms with E-state index in [9.17, 15) is 0 Å². The highest BCUT2D eigenvalue weighted by atomic mass is 16.5. The molecule has 2 rings (SSSR count). The van der Waals surface area contributed by atoms with E-state index in [0.29, 0.717) is 0 Å². The fourth-order valence-electron chi connectivity index (χ4n) is 2.76. The average Bonchev–Trinajstić information content (AvgIpc) is 2.96. The smallest absolute Gasteiger partial charge is 0.0495 e. The predicted molar refractivity (Wildman–Crippen MR) is 80.4 cm³/mol. The molecule has 1 heterocycles. The molecule has 106 valence electrons. The molecule has 1 atom stereocenters. The van der Waals surface area contributed by atoms with Crippen LogP contribution in [0.5, 0.6) is 0 Å². The van der Waals surface area contributed by atoms with Crippen LogP contribution in [-0.4, -0.2) is 37.7 Å². The summed E-state index contributed by atoms with van der Waals surface area (Å²) in [6.07, 6.45) is 4.98. The molecule has 1 unspecified atom stereocenters. The Labute approximate surface area is 117 Å². The Hall–Kier alpha value is -0.860. The first-order valence-corrected chi connectivity index (χ1v) is 7.72. The molecule has 19 heavy (non-hydrogen) atoms. The maximum absolute atomic E-state index is 5.46. The zero-order chi connectivity index (χ0) is 13.3. The molecule has 0 aliphatic carbocycles. The Morgan fingerprint density at radius 1 is 1.16 bits per heavy atom. The van der Waals surface area contributed by atoms with E-state index in [1.807, 2.05) is 0 Å². The van der Waals surface area contributed by atoms with Crippen LogP contribution in [0.4, 0.5) is 0 Å². The summed E-state index contributed by atoms with van der Waals surface area (Å²) in [5.74, 6) is 0.802. The van der Waals surface area contributed by atoms with Gasteiger partial charge in [0, 0.05) is 19.8 Å². The van der Waals surface area contributed by atoms with Gasteiger partial charge in [-0.1, -0.05) is 37.3 Å². The highest BCUT2D eigenvalue weighted by Crippen LogP contribution is 2.16. The molecule has 1 fully saturated rings. The number of nitrogens with zero attached hydrogens (tertiary/aromatic N) is 1. The van der Waals surface area contributed by atoms with Gasteiger partial charge in [-0.25, -0.2) is 0 Å². The van der Waals surface area contributed by atoms with E-state index >= 15 is 0 Å². The van der Waals surface area contributed by atoms with Crippen LogP contribution in [0.1, 0.15) is 31.7 Å². The monoisotopic (exact) mass is 261 g/mol. The Kier molecular flexibility index (Phi) is 6.38. The highest BCUT2D eigenvalue weighted by Gasteiger charge is 2.16. The topological polar surface area (TPSA) is 12.5 Å². The molecule has 0 radical (unpaired) electrons. The van der Waals surface area contributed by atoms with Gasteiger partial charge in [-0.15, -0.1) is 0 Å². The summed E-state index contributed by atoms with van der Waals surface area (Å²) < 4.78 is 5.46. The van der Waals surface area contributed by atoms with Gasteiger partial charge in [0.2, 0.25) is 0 Å². The van der Waals surface area contributed by atoms with Crippen molar-refractivity contribution in [3.63, 3.8) is 0 Å². The van der Waals surface area contributed by atoms with Crippen molar-refractivity contribution in [3.05, 3.63) is 35.9 Å². The van der Waals surface area contributed by atoms with Crippen molar-refractivity contribution in [2.75, 3.05) is 32.8 Å². The largest absolute Gasteiger partial charge is 0.381 e. The molecule has 0 aromatic heterocycles. The second kappa shape index (κ2) is 8.34. The van der Waals surface area contributed by atoms with Crippen molar-refractivity contribution in [2.24, 2.45) is 5.92 Å². The van der Waals surface area contributed by atoms with Crippen molar-refractivity contribution < 1.29 is 4.74 Å².